The minimum atomic E-state index is -1.02. The van der Waals surface area contributed by atoms with Crippen molar-refractivity contribution in [2.75, 3.05) is 10.6 Å². The smallest absolute Gasteiger partial charge is 0.343 e. The highest BCUT2D eigenvalue weighted by Crippen LogP contribution is 2.18. The summed E-state index contributed by atoms with van der Waals surface area (Å²) in [6, 6.07) is 27.2. The van der Waals surface area contributed by atoms with Gasteiger partial charge in [-0.2, -0.15) is 5.10 Å². The van der Waals surface area contributed by atoms with Gasteiger partial charge in [0, 0.05) is 5.69 Å². The van der Waals surface area contributed by atoms with Gasteiger partial charge in [0.05, 0.1) is 23.0 Å². The van der Waals surface area contributed by atoms with Crippen LogP contribution in [0.1, 0.15) is 37.4 Å². The molecule has 9 nitrogen and oxygen atoms in total. The Bertz CT molecular complexity index is 1580. The van der Waals surface area contributed by atoms with Crippen LogP contribution in [-0.2, 0) is 9.59 Å². The molecule has 4 aromatic carbocycles. The molecule has 0 aliphatic heterocycles. The van der Waals surface area contributed by atoms with Gasteiger partial charge in [-0.3, -0.25) is 14.4 Å². The van der Waals surface area contributed by atoms with Crippen molar-refractivity contribution in [3.05, 3.63) is 125 Å². The molecule has 0 aliphatic carbocycles. The molecule has 0 aliphatic rings. The van der Waals surface area contributed by atoms with Gasteiger partial charge >= 0.3 is 17.8 Å². The number of nitrogens with one attached hydrogen (secondary N) is 3. The van der Waals surface area contributed by atoms with E-state index in [0.29, 0.717) is 22.6 Å². The van der Waals surface area contributed by atoms with Crippen LogP contribution in [0, 0.1) is 13.8 Å². The number of aryl methyl sites for hydroxylation is 2. The van der Waals surface area contributed by atoms with E-state index in [1.807, 2.05) is 38.1 Å². The zero-order valence-corrected chi connectivity index (χ0v) is 21.8. The Morgan fingerprint density at radius 2 is 1.35 bits per heavy atom. The first kappa shape index (κ1) is 27.5. The molecule has 0 atom stereocenters. The molecule has 3 N–H and O–H groups in total. The fraction of sp³-hybridized carbons (Fsp3) is 0.0645. The van der Waals surface area contributed by atoms with Gasteiger partial charge in [-0.05, 0) is 79.6 Å². The molecule has 4 aromatic rings. The number of hydrazone groups is 1. The lowest BCUT2D eigenvalue weighted by atomic mass is 10.1. The number of hydrogen-bond donors (Lipinski definition) is 3. The Kier molecular flexibility index (Phi) is 8.78. The van der Waals surface area contributed by atoms with Crippen molar-refractivity contribution in [2.24, 2.45) is 5.10 Å². The number of anilines is 2. The summed E-state index contributed by atoms with van der Waals surface area (Å²) in [7, 11) is 0. The quantitative estimate of drug-likeness (QED) is 0.103. The second-order valence-corrected chi connectivity index (χ2v) is 8.79. The summed E-state index contributed by atoms with van der Waals surface area (Å²) in [4.78, 5) is 49.8. The van der Waals surface area contributed by atoms with Gasteiger partial charge in [0.2, 0.25) is 0 Å². The Labute approximate surface area is 230 Å². The van der Waals surface area contributed by atoms with Crippen LogP contribution >= 0.6 is 0 Å². The zero-order chi connectivity index (χ0) is 28.5. The molecule has 0 heterocycles. The van der Waals surface area contributed by atoms with Gasteiger partial charge in [0.15, 0.2) is 0 Å². The van der Waals surface area contributed by atoms with Crippen molar-refractivity contribution in [3.63, 3.8) is 0 Å². The number of hydrogen-bond acceptors (Lipinski definition) is 6. The maximum atomic E-state index is 12.8. The van der Waals surface area contributed by atoms with Crippen LogP contribution in [-0.4, -0.2) is 29.9 Å². The first-order valence-corrected chi connectivity index (χ1v) is 12.3. The summed E-state index contributed by atoms with van der Waals surface area (Å²) in [5.41, 5.74) is 6.04. The van der Waals surface area contributed by atoms with Crippen LogP contribution in [0.25, 0.3) is 0 Å². The molecule has 200 valence electrons. The third kappa shape index (κ3) is 7.26. The van der Waals surface area contributed by atoms with E-state index in [9.17, 15) is 19.2 Å². The fourth-order valence-corrected chi connectivity index (χ4v) is 3.61. The third-order valence-corrected chi connectivity index (χ3v) is 5.77. The van der Waals surface area contributed by atoms with E-state index in [4.69, 9.17) is 4.74 Å². The van der Waals surface area contributed by atoms with Crippen molar-refractivity contribution in [1.82, 2.24) is 5.43 Å². The molecule has 0 spiro atoms. The minimum Gasteiger partial charge on any atom is -0.423 e. The number of nitrogens with zero attached hydrogens (tertiary/aromatic N) is 1. The van der Waals surface area contributed by atoms with E-state index in [1.54, 1.807) is 60.7 Å². The molecule has 0 saturated heterocycles. The Morgan fingerprint density at radius 1 is 0.700 bits per heavy atom. The lowest BCUT2D eigenvalue weighted by Gasteiger charge is -2.11. The number of carbonyl (C=O) groups excluding carboxylic acids is 4. The topological polar surface area (TPSA) is 126 Å². The molecular weight excluding hydrogens is 508 g/mol. The van der Waals surface area contributed by atoms with Crippen molar-refractivity contribution in [2.45, 2.75) is 13.8 Å². The first-order chi connectivity index (χ1) is 19.3. The lowest BCUT2D eigenvalue weighted by Crippen LogP contribution is -2.33. The van der Waals surface area contributed by atoms with E-state index >= 15 is 0 Å². The van der Waals surface area contributed by atoms with Crippen LogP contribution in [0.4, 0.5) is 11.4 Å². The average Bonchev–Trinajstić information content (AvgIpc) is 2.95. The van der Waals surface area contributed by atoms with E-state index < -0.39 is 23.7 Å². The van der Waals surface area contributed by atoms with Gasteiger partial charge in [-0.15, -0.1) is 0 Å². The number of rotatable bonds is 7. The minimum absolute atomic E-state index is 0.173. The number of esters is 1. The SMILES string of the molecule is Cc1ccc(NC(=O)c2ccccc2NC(=O)C(=O)N/N=C\c2ccc(OC(=O)c3ccccc3C)cc2)cc1. The molecule has 0 fully saturated rings. The molecule has 0 bridgehead atoms. The predicted octanol–water partition coefficient (Wildman–Crippen LogP) is 4.86. The van der Waals surface area contributed by atoms with Crippen LogP contribution < -0.4 is 20.8 Å². The molecule has 0 aromatic heterocycles. The normalized spacial score (nSPS) is 10.6. The monoisotopic (exact) mass is 534 g/mol. The Balaban J connectivity index is 1.31. The fourth-order valence-electron chi connectivity index (χ4n) is 3.61. The number of para-hydroxylation sites is 1. The van der Waals surface area contributed by atoms with Crippen LogP contribution in [0.5, 0.6) is 5.75 Å². The maximum absolute atomic E-state index is 12.8. The van der Waals surface area contributed by atoms with E-state index in [-0.39, 0.29) is 11.3 Å². The highest BCUT2D eigenvalue weighted by Gasteiger charge is 2.18. The number of amides is 3. The molecule has 40 heavy (non-hydrogen) atoms. The molecule has 9 heteroatoms. The summed E-state index contributed by atoms with van der Waals surface area (Å²) in [6.45, 7) is 3.76. The van der Waals surface area contributed by atoms with Gasteiger partial charge in [-0.25, -0.2) is 10.2 Å². The van der Waals surface area contributed by atoms with E-state index in [2.05, 4.69) is 21.2 Å². The second-order valence-electron chi connectivity index (χ2n) is 8.79. The summed E-state index contributed by atoms with van der Waals surface area (Å²) in [6.07, 6.45) is 1.33. The van der Waals surface area contributed by atoms with Gasteiger partial charge in [0.25, 0.3) is 5.91 Å². The zero-order valence-electron chi connectivity index (χ0n) is 21.8. The van der Waals surface area contributed by atoms with Crippen molar-refractivity contribution < 1.29 is 23.9 Å². The highest BCUT2D eigenvalue weighted by atomic mass is 16.5. The van der Waals surface area contributed by atoms with Gasteiger partial charge in [-0.1, -0.05) is 48.0 Å². The standard InChI is InChI=1S/C31H26N4O5/c1-20-11-15-23(16-12-20)33-28(36)26-9-5-6-10-27(26)34-29(37)30(38)35-32-19-22-13-17-24(18-14-22)40-31(39)25-8-4-3-7-21(25)2/h3-19H,1-2H3,(H,33,36)(H,34,37)(H,35,38)/b32-19-. The largest absolute Gasteiger partial charge is 0.423 e. The Morgan fingerprint density at radius 3 is 2.05 bits per heavy atom. The summed E-state index contributed by atoms with van der Waals surface area (Å²) in [5, 5.41) is 9.01. The highest BCUT2D eigenvalue weighted by molar-refractivity contribution is 6.40. The average molecular weight is 535 g/mol. The van der Waals surface area contributed by atoms with Crippen LogP contribution in [0.3, 0.4) is 0 Å². The van der Waals surface area contributed by atoms with Crippen LogP contribution in [0.15, 0.2) is 102 Å². The molecule has 3 amide bonds. The van der Waals surface area contributed by atoms with E-state index in [1.165, 1.54) is 18.3 Å². The molecular formula is C31H26N4O5. The van der Waals surface area contributed by atoms with Gasteiger partial charge in [0.1, 0.15) is 5.75 Å². The molecule has 0 saturated carbocycles. The van der Waals surface area contributed by atoms with Crippen molar-refractivity contribution >= 4 is 41.3 Å². The Hall–Kier alpha value is -5.57. The van der Waals surface area contributed by atoms with Gasteiger partial charge < -0.3 is 15.4 Å². The number of ether oxygens (including phenoxy) is 1. The molecule has 0 radical (unpaired) electrons. The number of carbonyl (C=O) groups is 4. The lowest BCUT2D eigenvalue weighted by molar-refractivity contribution is -0.136. The summed E-state index contributed by atoms with van der Waals surface area (Å²) < 4.78 is 5.40. The molecule has 4 rings (SSSR count). The van der Waals surface area contributed by atoms with Crippen LogP contribution in [0.2, 0.25) is 0 Å². The van der Waals surface area contributed by atoms with Crippen molar-refractivity contribution in [1.29, 1.82) is 0 Å². The van der Waals surface area contributed by atoms with Crippen molar-refractivity contribution in [3.8, 4) is 5.75 Å². The maximum Gasteiger partial charge on any atom is 0.343 e. The predicted molar refractivity (Wildman–Crippen MR) is 153 cm³/mol. The third-order valence-electron chi connectivity index (χ3n) is 5.77. The summed E-state index contributed by atoms with van der Waals surface area (Å²) >= 11 is 0. The molecule has 0 unspecified atom stereocenters. The first-order valence-electron chi connectivity index (χ1n) is 12.3. The second kappa shape index (κ2) is 12.8. The summed E-state index contributed by atoms with van der Waals surface area (Å²) in [5.74, 6) is -2.57. The number of benzene rings is 4. The van der Waals surface area contributed by atoms with E-state index in [0.717, 1.165) is 11.1 Å².